The first-order valence-corrected chi connectivity index (χ1v) is 6.88. The van der Waals surface area contributed by atoms with Crippen molar-refractivity contribution in [1.29, 1.82) is 0 Å². The first-order chi connectivity index (χ1) is 8.49. The van der Waals surface area contributed by atoms with E-state index in [9.17, 15) is 0 Å². The molecule has 1 N–H and O–H groups in total. The molecule has 0 amide bonds. The second kappa shape index (κ2) is 6.79. The van der Waals surface area contributed by atoms with Crippen LogP contribution >= 0.6 is 0 Å². The Morgan fingerprint density at radius 2 is 1.72 bits per heavy atom. The third-order valence-electron chi connectivity index (χ3n) is 3.25. The minimum Gasteiger partial charge on any atom is -0.496 e. The van der Waals surface area contributed by atoms with Gasteiger partial charge in [-0.1, -0.05) is 32.9 Å². The van der Waals surface area contributed by atoms with Gasteiger partial charge < -0.3 is 10.1 Å². The quantitative estimate of drug-likeness (QED) is 0.822. The highest BCUT2D eigenvalue weighted by Gasteiger charge is 2.15. The van der Waals surface area contributed by atoms with Crippen molar-refractivity contribution in [1.82, 2.24) is 5.32 Å². The van der Waals surface area contributed by atoms with Crippen molar-refractivity contribution in [2.24, 2.45) is 5.92 Å². The van der Waals surface area contributed by atoms with Gasteiger partial charge in [-0.15, -0.1) is 0 Å². The number of hydrogen-bond donors (Lipinski definition) is 1. The molecular weight excluding hydrogens is 222 g/mol. The summed E-state index contributed by atoms with van der Waals surface area (Å²) in [5.41, 5.74) is 3.82. The van der Waals surface area contributed by atoms with Crippen molar-refractivity contribution in [3.8, 4) is 5.75 Å². The maximum absolute atomic E-state index is 5.43. The fraction of sp³-hybridized carbons (Fsp3) is 0.625. The van der Waals surface area contributed by atoms with Gasteiger partial charge in [-0.25, -0.2) is 0 Å². The fourth-order valence-corrected chi connectivity index (χ4v) is 2.56. The molecule has 1 aromatic rings. The number of aryl methyl sites for hydroxylation is 2. The number of ether oxygens (including phenoxy) is 1. The summed E-state index contributed by atoms with van der Waals surface area (Å²) in [5.74, 6) is 1.70. The van der Waals surface area contributed by atoms with Crippen molar-refractivity contribution < 1.29 is 4.74 Å². The minimum atomic E-state index is 0.443. The maximum atomic E-state index is 5.43. The van der Waals surface area contributed by atoms with E-state index in [1.165, 1.54) is 23.1 Å². The van der Waals surface area contributed by atoms with Crippen molar-refractivity contribution in [3.63, 3.8) is 0 Å². The first kappa shape index (κ1) is 15.0. The molecule has 2 heteroatoms. The van der Waals surface area contributed by atoms with Gasteiger partial charge in [0.05, 0.1) is 7.11 Å². The average molecular weight is 249 g/mol. The minimum absolute atomic E-state index is 0.443. The summed E-state index contributed by atoms with van der Waals surface area (Å²) in [6.07, 6.45) is 1.17. The van der Waals surface area contributed by atoms with E-state index in [1.807, 2.05) is 0 Å². The lowest BCUT2D eigenvalue weighted by Gasteiger charge is -2.22. The molecular formula is C16H27NO. The number of methoxy groups -OCH3 is 1. The molecule has 1 atom stereocenters. The van der Waals surface area contributed by atoms with Crippen LogP contribution < -0.4 is 10.1 Å². The summed E-state index contributed by atoms with van der Waals surface area (Å²) < 4.78 is 5.43. The van der Waals surface area contributed by atoms with Crippen LogP contribution in [0.5, 0.6) is 5.75 Å². The molecule has 0 fully saturated rings. The zero-order chi connectivity index (χ0) is 13.7. The molecule has 0 aliphatic heterocycles. The van der Waals surface area contributed by atoms with E-state index in [0.29, 0.717) is 12.0 Å². The second-order valence-electron chi connectivity index (χ2n) is 5.43. The molecule has 2 nitrogen and oxygen atoms in total. The third-order valence-corrected chi connectivity index (χ3v) is 3.25. The van der Waals surface area contributed by atoms with Crippen LogP contribution in [0.15, 0.2) is 12.1 Å². The summed E-state index contributed by atoms with van der Waals surface area (Å²) in [6, 6.07) is 4.95. The summed E-state index contributed by atoms with van der Waals surface area (Å²) in [7, 11) is 1.74. The molecule has 102 valence electrons. The van der Waals surface area contributed by atoms with Gasteiger partial charge in [-0.05, 0) is 49.4 Å². The number of rotatable bonds is 6. The van der Waals surface area contributed by atoms with Crippen LogP contribution in [0.4, 0.5) is 0 Å². The van der Waals surface area contributed by atoms with Crippen molar-refractivity contribution in [3.05, 3.63) is 28.8 Å². The van der Waals surface area contributed by atoms with E-state index in [1.54, 1.807) is 7.11 Å². The third kappa shape index (κ3) is 3.74. The highest BCUT2D eigenvalue weighted by atomic mass is 16.5. The smallest absolute Gasteiger partial charge is 0.124 e. The zero-order valence-corrected chi connectivity index (χ0v) is 12.6. The van der Waals surface area contributed by atoms with E-state index in [-0.39, 0.29) is 0 Å². The highest BCUT2D eigenvalue weighted by Crippen LogP contribution is 2.29. The standard InChI is InChI=1S/C16H27NO/c1-7-17-15(8-11(2)3)14-9-12(4)16(18-6)13(5)10-14/h9-11,15,17H,7-8H2,1-6H3. The molecule has 0 bridgehead atoms. The normalized spacial score (nSPS) is 12.8. The number of hydrogen-bond acceptors (Lipinski definition) is 2. The van der Waals surface area contributed by atoms with Gasteiger partial charge in [0, 0.05) is 6.04 Å². The molecule has 0 aromatic heterocycles. The lowest BCUT2D eigenvalue weighted by molar-refractivity contribution is 0.406. The summed E-state index contributed by atoms with van der Waals surface area (Å²) in [6.45, 7) is 11.9. The van der Waals surface area contributed by atoms with E-state index in [0.717, 1.165) is 12.3 Å². The Labute approximate surface area is 112 Å². The van der Waals surface area contributed by atoms with Crippen LogP contribution in [0.25, 0.3) is 0 Å². The van der Waals surface area contributed by atoms with Crippen molar-refractivity contribution in [2.75, 3.05) is 13.7 Å². The number of nitrogens with one attached hydrogen (secondary N) is 1. The second-order valence-corrected chi connectivity index (χ2v) is 5.43. The molecule has 0 aliphatic carbocycles. The van der Waals surface area contributed by atoms with Crippen LogP contribution in [0, 0.1) is 19.8 Å². The molecule has 0 aliphatic rings. The predicted molar refractivity (Wildman–Crippen MR) is 78.3 cm³/mol. The summed E-state index contributed by atoms with van der Waals surface area (Å²) in [5, 5.41) is 3.58. The van der Waals surface area contributed by atoms with E-state index in [4.69, 9.17) is 4.74 Å². The lowest BCUT2D eigenvalue weighted by Crippen LogP contribution is -2.22. The monoisotopic (exact) mass is 249 g/mol. The van der Waals surface area contributed by atoms with Crippen LogP contribution in [0.3, 0.4) is 0 Å². The number of benzene rings is 1. The fourth-order valence-electron chi connectivity index (χ4n) is 2.56. The van der Waals surface area contributed by atoms with Crippen LogP contribution in [0.1, 0.15) is 49.9 Å². The van der Waals surface area contributed by atoms with Gasteiger partial charge in [0.2, 0.25) is 0 Å². The van der Waals surface area contributed by atoms with Gasteiger partial charge in [-0.2, -0.15) is 0 Å². The van der Waals surface area contributed by atoms with Crippen molar-refractivity contribution >= 4 is 0 Å². The van der Waals surface area contributed by atoms with Gasteiger partial charge in [0.1, 0.15) is 5.75 Å². The predicted octanol–water partition coefficient (Wildman–Crippen LogP) is 4.01. The molecule has 0 spiro atoms. The SMILES string of the molecule is CCNC(CC(C)C)c1cc(C)c(OC)c(C)c1. The van der Waals surface area contributed by atoms with Crippen molar-refractivity contribution in [2.45, 2.75) is 47.1 Å². The first-order valence-electron chi connectivity index (χ1n) is 6.88. The lowest BCUT2D eigenvalue weighted by atomic mass is 9.94. The Hall–Kier alpha value is -1.02. The van der Waals surface area contributed by atoms with Gasteiger partial charge in [0.25, 0.3) is 0 Å². The van der Waals surface area contributed by atoms with Crippen LogP contribution in [0.2, 0.25) is 0 Å². The summed E-state index contributed by atoms with van der Waals surface area (Å²) in [4.78, 5) is 0. The summed E-state index contributed by atoms with van der Waals surface area (Å²) >= 11 is 0. The largest absolute Gasteiger partial charge is 0.496 e. The van der Waals surface area contributed by atoms with E-state index in [2.05, 4.69) is 52.1 Å². The van der Waals surface area contributed by atoms with Crippen LogP contribution in [-0.2, 0) is 0 Å². The van der Waals surface area contributed by atoms with Gasteiger partial charge >= 0.3 is 0 Å². The average Bonchev–Trinajstić information content (AvgIpc) is 2.27. The Bertz CT molecular complexity index is 362. The highest BCUT2D eigenvalue weighted by molar-refractivity contribution is 5.44. The van der Waals surface area contributed by atoms with Crippen LogP contribution in [-0.4, -0.2) is 13.7 Å². The molecule has 0 saturated carbocycles. The topological polar surface area (TPSA) is 21.3 Å². The molecule has 1 rings (SSSR count). The molecule has 1 aromatic carbocycles. The molecule has 0 heterocycles. The molecule has 0 saturated heterocycles. The van der Waals surface area contributed by atoms with E-state index < -0.39 is 0 Å². The molecule has 0 radical (unpaired) electrons. The molecule has 18 heavy (non-hydrogen) atoms. The Kier molecular flexibility index (Phi) is 5.67. The Morgan fingerprint density at radius 1 is 1.17 bits per heavy atom. The molecule has 1 unspecified atom stereocenters. The van der Waals surface area contributed by atoms with E-state index >= 15 is 0 Å². The zero-order valence-electron chi connectivity index (χ0n) is 12.6. The Balaban J connectivity index is 3.05. The van der Waals surface area contributed by atoms with Gasteiger partial charge in [-0.3, -0.25) is 0 Å². The van der Waals surface area contributed by atoms with Gasteiger partial charge in [0.15, 0.2) is 0 Å². The maximum Gasteiger partial charge on any atom is 0.124 e. The Morgan fingerprint density at radius 3 is 2.11 bits per heavy atom.